The lowest BCUT2D eigenvalue weighted by Crippen LogP contribution is -2.41. The molecule has 3 aromatic carbocycles. The molecule has 8 heterocycles. The van der Waals surface area contributed by atoms with Gasteiger partial charge in [-0.25, -0.2) is 4.79 Å². The maximum absolute atomic E-state index is 12.3. The normalized spacial score (nSPS) is 24.7. The summed E-state index contributed by atoms with van der Waals surface area (Å²) in [5.74, 6) is -2.05. The van der Waals surface area contributed by atoms with E-state index in [0.29, 0.717) is 39.0 Å². The number of hydrogen-bond donors (Lipinski definition) is 2. The van der Waals surface area contributed by atoms with Crippen molar-refractivity contribution in [2.45, 2.75) is 88.6 Å². The smallest absolute Gasteiger partial charge is 0.350 e. The van der Waals surface area contributed by atoms with Gasteiger partial charge in [0.05, 0.1) is 35.6 Å². The number of aliphatic hydroxyl groups is 2. The third kappa shape index (κ3) is 6.71. The fraction of sp³-hybridized carbons (Fsp3) is 0.354. The zero-order valence-corrected chi connectivity index (χ0v) is 35.6. The van der Waals surface area contributed by atoms with Gasteiger partial charge in [0.1, 0.15) is 38.1 Å². The highest BCUT2D eigenvalue weighted by Gasteiger charge is 2.57. The second-order valence-electron chi connectivity index (χ2n) is 17.9. The molecule has 11 rings (SSSR count). The summed E-state index contributed by atoms with van der Waals surface area (Å²) < 4.78 is 81.6. The van der Waals surface area contributed by atoms with Crippen molar-refractivity contribution < 1.29 is 70.5 Å². The van der Waals surface area contributed by atoms with Gasteiger partial charge in [-0.05, 0) is 96.2 Å². The summed E-state index contributed by atoms with van der Waals surface area (Å²) in [6.07, 6.45) is 9.02. The predicted octanol–water partition coefficient (Wildman–Crippen LogP) is 8.21. The summed E-state index contributed by atoms with van der Waals surface area (Å²) in [4.78, 5) is 12.3. The van der Waals surface area contributed by atoms with Crippen LogP contribution in [0.4, 0.5) is 0 Å². The molecule has 2 N–H and O–H groups in total. The van der Waals surface area contributed by atoms with Crippen molar-refractivity contribution in [1.29, 1.82) is 0 Å². The molecular weight excluding hydrogens is 833 g/mol. The first-order chi connectivity index (χ1) is 30.5. The Morgan fingerprint density at radius 1 is 0.641 bits per heavy atom. The van der Waals surface area contributed by atoms with Gasteiger partial charge in [-0.2, -0.15) is 0 Å². The average Bonchev–Trinajstić information content (AvgIpc) is 4.08. The Balaban J connectivity index is 0.846. The van der Waals surface area contributed by atoms with Crippen molar-refractivity contribution >= 4 is 56.0 Å². The van der Waals surface area contributed by atoms with Gasteiger partial charge in [-0.3, -0.25) is 0 Å². The van der Waals surface area contributed by atoms with Crippen LogP contribution in [0.2, 0.25) is 0 Å². The zero-order valence-electron chi connectivity index (χ0n) is 35.6. The molecular formula is C48H44O16. The Bertz CT molecular complexity index is 3100. The van der Waals surface area contributed by atoms with E-state index in [2.05, 4.69) is 0 Å². The predicted molar refractivity (Wildman–Crippen MR) is 228 cm³/mol. The second-order valence-corrected chi connectivity index (χ2v) is 17.9. The molecule has 7 aromatic rings. The van der Waals surface area contributed by atoms with Gasteiger partial charge >= 0.3 is 17.6 Å². The highest BCUT2D eigenvalue weighted by Crippen LogP contribution is 2.52. The lowest BCUT2D eigenvalue weighted by atomic mass is 10.0. The second kappa shape index (κ2) is 14.1. The average molecular weight is 877 g/mol. The standard InChI is InChI=1S/C48H44O16/c1-44(2,51)31(49)22-55-42-36-29(12-17-53-36)20-26-9-14-47(61-39(26)42)60-33(46(5,6)64-47)24-57-43-37-30(13-18-54-37)21-27-10-15-48(62-40(27)43)59-32(45(3,4)63-48)23-56-41-35-28(11-16-52-35)19-25-7-8-34(50)58-38(25)41/h7-21,31-33,49,51H,22-24H2,1-6H3/t31-,32-,33-,47-,48-/m1/s1. The molecule has 2 spiro atoms. The van der Waals surface area contributed by atoms with Crippen molar-refractivity contribution in [2.75, 3.05) is 19.8 Å². The third-order valence-electron chi connectivity index (χ3n) is 12.0. The zero-order chi connectivity index (χ0) is 44.4. The molecule has 0 aliphatic carbocycles. The molecule has 0 bridgehead atoms. The third-order valence-corrected chi connectivity index (χ3v) is 12.0. The quantitative estimate of drug-likeness (QED) is 0.125. The molecule has 64 heavy (non-hydrogen) atoms. The molecule has 332 valence electrons. The number of ether oxygens (including phenoxy) is 9. The van der Waals surface area contributed by atoms with E-state index in [0.717, 1.165) is 16.2 Å². The molecule has 4 aliphatic rings. The van der Waals surface area contributed by atoms with Crippen molar-refractivity contribution in [1.82, 2.24) is 0 Å². The molecule has 4 aliphatic heterocycles. The molecule has 0 amide bonds. The van der Waals surface area contributed by atoms with Crippen molar-refractivity contribution in [2.24, 2.45) is 0 Å². The van der Waals surface area contributed by atoms with Gasteiger partial charge in [0.25, 0.3) is 0 Å². The molecule has 0 saturated carbocycles. The Morgan fingerprint density at radius 2 is 1.11 bits per heavy atom. The van der Waals surface area contributed by atoms with Crippen LogP contribution in [0.3, 0.4) is 0 Å². The minimum absolute atomic E-state index is 0.0213. The van der Waals surface area contributed by atoms with Crippen LogP contribution in [0.15, 0.2) is 102 Å². The maximum atomic E-state index is 12.3. The molecule has 5 atom stereocenters. The first-order valence-corrected chi connectivity index (χ1v) is 20.8. The lowest BCUT2D eigenvalue weighted by Gasteiger charge is -2.31. The summed E-state index contributed by atoms with van der Waals surface area (Å²) in [5, 5.41) is 23.9. The summed E-state index contributed by atoms with van der Waals surface area (Å²) in [7, 11) is 0. The highest BCUT2D eigenvalue weighted by atomic mass is 16.9. The van der Waals surface area contributed by atoms with Crippen LogP contribution in [0.25, 0.3) is 56.0 Å². The van der Waals surface area contributed by atoms with Gasteiger partial charge < -0.3 is 70.5 Å². The first kappa shape index (κ1) is 40.5. The van der Waals surface area contributed by atoms with Crippen LogP contribution in [-0.4, -0.2) is 77.1 Å². The van der Waals surface area contributed by atoms with Crippen LogP contribution >= 0.6 is 0 Å². The van der Waals surface area contributed by atoms with Crippen molar-refractivity contribution in [3.05, 3.63) is 101 Å². The molecule has 16 nitrogen and oxygen atoms in total. The van der Waals surface area contributed by atoms with Gasteiger partial charge in [0.2, 0.25) is 17.2 Å². The van der Waals surface area contributed by atoms with Crippen LogP contribution < -0.4 is 29.3 Å². The highest BCUT2D eigenvalue weighted by molar-refractivity contribution is 6.00. The number of fused-ring (bicyclic) bond motifs is 6. The van der Waals surface area contributed by atoms with E-state index in [1.165, 1.54) is 26.2 Å². The number of rotatable bonds is 10. The minimum atomic E-state index is -1.70. The topological polar surface area (TPSA) is 193 Å². The summed E-state index contributed by atoms with van der Waals surface area (Å²) in [5.41, 5.74) is -1.03. The summed E-state index contributed by atoms with van der Waals surface area (Å²) >= 11 is 0. The Kier molecular flexibility index (Phi) is 8.93. The number of furan rings is 3. The van der Waals surface area contributed by atoms with Gasteiger partial charge in [-0.15, -0.1) is 0 Å². The largest absolute Gasteiger partial charge is 0.483 e. The van der Waals surface area contributed by atoms with E-state index in [9.17, 15) is 15.0 Å². The van der Waals surface area contributed by atoms with Crippen LogP contribution in [-0.2, 0) is 18.9 Å². The van der Waals surface area contributed by atoms with Crippen LogP contribution in [0.1, 0.15) is 52.7 Å². The van der Waals surface area contributed by atoms with Gasteiger partial charge in [0, 0.05) is 50.9 Å². The first-order valence-electron chi connectivity index (χ1n) is 20.8. The summed E-state index contributed by atoms with van der Waals surface area (Å²) in [6, 6.07) is 14.1. The molecule has 4 aromatic heterocycles. The monoisotopic (exact) mass is 876 g/mol. The van der Waals surface area contributed by atoms with E-state index < -0.39 is 52.7 Å². The molecule has 2 saturated heterocycles. The molecule has 0 unspecified atom stereocenters. The number of hydrogen-bond acceptors (Lipinski definition) is 16. The van der Waals surface area contributed by atoms with E-state index in [4.69, 9.17) is 60.3 Å². The maximum Gasteiger partial charge on any atom is 0.350 e. The lowest BCUT2D eigenvalue weighted by molar-refractivity contribution is -0.272. The Labute approximate surface area is 363 Å². The molecule has 16 heteroatoms. The number of benzene rings is 3. The van der Waals surface area contributed by atoms with E-state index in [1.54, 1.807) is 42.9 Å². The fourth-order valence-electron chi connectivity index (χ4n) is 8.35. The molecule has 0 radical (unpaired) electrons. The summed E-state index contributed by atoms with van der Waals surface area (Å²) in [6.45, 7) is 10.1. The SMILES string of the molecule is CC(C)(O)[C@H](O)COc1c2c(cc3ccoc13)C=C[C@]1(O2)O[C@H](COc2c3c(cc4ccoc24)C=C[C@]2(O3)O[C@H](COc3c4occc4cc4ccc(=O)oc34)C(C)(C)O2)C(C)(C)O1. The van der Waals surface area contributed by atoms with E-state index in [1.807, 2.05) is 64.1 Å². The Hall–Kier alpha value is -6.27. The van der Waals surface area contributed by atoms with Crippen LogP contribution in [0, 0.1) is 0 Å². The van der Waals surface area contributed by atoms with Gasteiger partial charge in [0.15, 0.2) is 33.8 Å². The fourth-order valence-corrected chi connectivity index (χ4v) is 8.35. The Morgan fingerprint density at radius 3 is 1.64 bits per heavy atom. The van der Waals surface area contributed by atoms with E-state index in [-0.39, 0.29) is 48.4 Å². The number of aliphatic hydroxyl groups excluding tert-OH is 1. The molecule has 2 fully saturated rings. The van der Waals surface area contributed by atoms with E-state index >= 15 is 0 Å². The van der Waals surface area contributed by atoms with Gasteiger partial charge in [-0.1, -0.05) is 0 Å². The van der Waals surface area contributed by atoms with Crippen molar-refractivity contribution in [3.8, 4) is 28.7 Å². The van der Waals surface area contributed by atoms with Crippen LogP contribution in [0.5, 0.6) is 28.7 Å². The minimum Gasteiger partial charge on any atom is -0.483 e. The van der Waals surface area contributed by atoms with Crippen molar-refractivity contribution in [3.63, 3.8) is 0 Å².